The van der Waals surface area contributed by atoms with Gasteiger partial charge < -0.3 is 10.0 Å². The molecule has 0 radical (unpaired) electrons. The molecule has 2 aromatic rings. The molecule has 0 amide bonds. The van der Waals surface area contributed by atoms with Crippen LogP contribution in [0.4, 0.5) is 5.82 Å². The summed E-state index contributed by atoms with van der Waals surface area (Å²) in [6, 6.07) is 7.06. The monoisotopic (exact) mass is 281 g/mol. The van der Waals surface area contributed by atoms with Gasteiger partial charge in [0, 0.05) is 37.5 Å². The standard InChI is InChI=1S/C13H16ClN3O2/c1-16-12(19)5-3-10-2-4-11(15-13(10)16)17(7-6-14)8-9-18/h2-5,18H,6-9H2,1H3. The molecule has 0 aliphatic heterocycles. The van der Waals surface area contributed by atoms with Crippen molar-refractivity contribution < 1.29 is 5.11 Å². The van der Waals surface area contributed by atoms with Crippen molar-refractivity contribution in [2.24, 2.45) is 7.05 Å². The van der Waals surface area contributed by atoms with Gasteiger partial charge in [0.2, 0.25) is 0 Å². The van der Waals surface area contributed by atoms with E-state index in [1.54, 1.807) is 13.1 Å². The van der Waals surface area contributed by atoms with Crippen LogP contribution in [-0.4, -0.2) is 40.2 Å². The van der Waals surface area contributed by atoms with Gasteiger partial charge in [0.25, 0.3) is 5.56 Å². The number of rotatable bonds is 5. The minimum Gasteiger partial charge on any atom is -0.395 e. The maximum absolute atomic E-state index is 11.6. The number of alkyl halides is 1. The number of fused-ring (bicyclic) bond motifs is 1. The number of aromatic nitrogens is 2. The highest BCUT2D eigenvalue weighted by atomic mass is 35.5. The molecule has 5 nitrogen and oxygen atoms in total. The van der Waals surface area contributed by atoms with Crippen LogP contribution >= 0.6 is 11.6 Å². The van der Waals surface area contributed by atoms with Crippen molar-refractivity contribution in [3.05, 3.63) is 34.6 Å². The van der Waals surface area contributed by atoms with Crippen LogP contribution in [0, 0.1) is 0 Å². The molecule has 2 heterocycles. The molecular formula is C13H16ClN3O2. The summed E-state index contributed by atoms with van der Waals surface area (Å²) in [4.78, 5) is 18.0. The van der Waals surface area contributed by atoms with Crippen molar-refractivity contribution in [3.63, 3.8) is 0 Å². The maximum atomic E-state index is 11.6. The fraction of sp³-hybridized carbons (Fsp3) is 0.385. The second kappa shape index (κ2) is 6.04. The van der Waals surface area contributed by atoms with Gasteiger partial charge in [-0.1, -0.05) is 0 Å². The highest BCUT2D eigenvalue weighted by Gasteiger charge is 2.09. The Hall–Kier alpha value is -1.59. The van der Waals surface area contributed by atoms with Crippen molar-refractivity contribution >= 4 is 28.5 Å². The van der Waals surface area contributed by atoms with Gasteiger partial charge in [0.05, 0.1) is 6.61 Å². The normalized spacial score (nSPS) is 10.9. The van der Waals surface area contributed by atoms with Crippen LogP contribution in [0.25, 0.3) is 11.0 Å². The van der Waals surface area contributed by atoms with Gasteiger partial charge in [-0.3, -0.25) is 9.36 Å². The minimum atomic E-state index is -0.0943. The summed E-state index contributed by atoms with van der Waals surface area (Å²) in [6.45, 7) is 1.09. The first-order valence-corrected chi connectivity index (χ1v) is 6.59. The van der Waals surface area contributed by atoms with Crippen molar-refractivity contribution in [3.8, 4) is 0 Å². The Morgan fingerprint density at radius 3 is 2.74 bits per heavy atom. The van der Waals surface area contributed by atoms with E-state index in [2.05, 4.69) is 4.98 Å². The number of nitrogens with zero attached hydrogens (tertiary/aromatic N) is 3. The number of halogens is 1. The molecule has 6 heteroatoms. The zero-order chi connectivity index (χ0) is 13.8. The molecule has 0 aliphatic rings. The second-order valence-electron chi connectivity index (χ2n) is 4.21. The van der Waals surface area contributed by atoms with Gasteiger partial charge in [0.15, 0.2) is 0 Å². The Balaban J connectivity index is 2.49. The third-order valence-corrected chi connectivity index (χ3v) is 3.16. The third kappa shape index (κ3) is 2.88. The zero-order valence-electron chi connectivity index (χ0n) is 10.7. The van der Waals surface area contributed by atoms with Crippen LogP contribution in [0.1, 0.15) is 0 Å². The number of pyridine rings is 2. The summed E-state index contributed by atoms with van der Waals surface area (Å²) in [5.74, 6) is 1.16. The number of aliphatic hydroxyl groups excluding tert-OH is 1. The van der Waals surface area contributed by atoms with Crippen LogP contribution < -0.4 is 10.5 Å². The second-order valence-corrected chi connectivity index (χ2v) is 4.59. The fourth-order valence-corrected chi connectivity index (χ4v) is 2.17. The van der Waals surface area contributed by atoms with Gasteiger partial charge >= 0.3 is 0 Å². The molecule has 0 fully saturated rings. The summed E-state index contributed by atoms with van der Waals surface area (Å²) < 4.78 is 1.51. The SMILES string of the molecule is Cn1c(=O)ccc2ccc(N(CCO)CCCl)nc21. The van der Waals surface area contributed by atoms with E-state index in [-0.39, 0.29) is 12.2 Å². The quantitative estimate of drug-likeness (QED) is 0.830. The van der Waals surface area contributed by atoms with Crippen LogP contribution in [-0.2, 0) is 7.05 Å². The Labute approximate surface area is 116 Å². The molecule has 19 heavy (non-hydrogen) atoms. The molecule has 0 unspecified atom stereocenters. The highest BCUT2D eigenvalue weighted by Crippen LogP contribution is 2.16. The lowest BCUT2D eigenvalue weighted by atomic mass is 10.2. The minimum absolute atomic E-state index is 0.0321. The van der Waals surface area contributed by atoms with Gasteiger partial charge in [-0.25, -0.2) is 4.98 Å². The van der Waals surface area contributed by atoms with Crippen molar-refractivity contribution in [2.75, 3.05) is 30.5 Å². The molecule has 1 N–H and O–H groups in total. The molecule has 0 spiro atoms. The van der Waals surface area contributed by atoms with Gasteiger partial charge in [-0.05, 0) is 18.2 Å². The molecule has 2 rings (SSSR count). The lowest BCUT2D eigenvalue weighted by molar-refractivity contribution is 0.302. The van der Waals surface area contributed by atoms with Gasteiger partial charge in [-0.15, -0.1) is 11.6 Å². The molecule has 0 aromatic carbocycles. The maximum Gasteiger partial charge on any atom is 0.251 e. The molecule has 2 aromatic heterocycles. The molecular weight excluding hydrogens is 266 g/mol. The lowest BCUT2D eigenvalue weighted by Gasteiger charge is -2.22. The van der Waals surface area contributed by atoms with E-state index < -0.39 is 0 Å². The number of hydrogen-bond acceptors (Lipinski definition) is 4. The van der Waals surface area contributed by atoms with Crippen LogP contribution in [0.3, 0.4) is 0 Å². The van der Waals surface area contributed by atoms with Gasteiger partial charge in [-0.2, -0.15) is 0 Å². The lowest BCUT2D eigenvalue weighted by Crippen LogP contribution is -2.29. The van der Waals surface area contributed by atoms with Crippen LogP contribution in [0.15, 0.2) is 29.1 Å². The third-order valence-electron chi connectivity index (χ3n) is 2.99. The Morgan fingerprint density at radius 2 is 2.05 bits per heavy atom. The molecule has 0 saturated carbocycles. The first-order chi connectivity index (χ1) is 9.17. The van der Waals surface area contributed by atoms with Gasteiger partial charge in [0.1, 0.15) is 11.5 Å². The Bertz CT molecular complexity index is 621. The predicted octanol–water partition coefficient (Wildman–Crippen LogP) is 0.971. The average molecular weight is 282 g/mol. The highest BCUT2D eigenvalue weighted by molar-refractivity contribution is 6.18. The summed E-state index contributed by atoms with van der Waals surface area (Å²) in [7, 11) is 1.69. The first-order valence-electron chi connectivity index (χ1n) is 6.06. The van der Waals surface area contributed by atoms with Crippen molar-refractivity contribution in [1.29, 1.82) is 0 Å². The largest absolute Gasteiger partial charge is 0.395 e. The van der Waals surface area contributed by atoms with Crippen LogP contribution in [0.5, 0.6) is 0 Å². The first kappa shape index (κ1) is 13.8. The number of aryl methyl sites for hydroxylation is 1. The number of aliphatic hydroxyl groups is 1. The Kier molecular flexibility index (Phi) is 4.39. The van der Waals surface area contributed by atoms with Crippen LogP contribution in [0.2, 0.25) is 0 Å². The van der Waals surface area contributed by atoms with E-state index in [4.69, 9.17) is 16.7 Å². The zero-order valence-corrected chi connectivity index (χ0v) is 11.5. The van der Waals surface area contributed by atoms with E-state index in [1.165, 1.54) is 10.6 Å². The number of hydrogen-bond donors (Lipinski definition) is 1. The van der Waals surface area contributed by atoms with E-state index in [9.17, 15) is 4.79 Å². The topological polar surface area (TPSA) is 58.4 Å². The summed E-state index contributed by atoms with van der Waals surface area (Å²) in [5, 5.41) is 9.97. The average Bonchev–Trinajstić information content (AvgIpc) is 2.42. The predicted molar refractivity (Wildman–Crippen MR) is 77.0 cm³/mol. The summed E-state index contributed by atoms with van der Waals surface area (Å²) in [6.07, 6.45) is 0. The molecule has 0 aliphatic carbocycles. The van der Waals surface area contributed by atoms with Crippen molar-refractivity contribution in [1.82, 2.24) is 9.55 Å². The fourth-order valence-electron chi connectivity index (χ4n) is 1.96. The van der Waals surface area contributed by atoms with E-state index in [0.29, 0.717) is 30.4 Å². The molecule has 0 atom stereocenters. The molecule has 0 saturated heterocycles. The van der Waals surface area contributed by atoms with Crippen molar-refractivity contribution in [2.45, 2.75) is 0 Å². The Morgan fingerprint density at radius 1 is 1.32 bits per heavy atom. The smallest absolute Gasteiger partial charge is 0.251 e. The van der Waals surface area contributed by atoms with E-state index in [1.807, 2.05) is 17.0 Å². The number of anilines is 1. The molecule has 102 valence electrons. The molecule has 0 bridgehead atoms. The van der Waals surface area contributed by atoms with E-state index in [0.717, 1.165) is 5.39 Å². The van der Waals surface area contributed by atoms with E-state index >= 15 is 0 Å². The summed E-state index contributed by atoms with van der Waals surface area (Å²) in [5.41, 5.74) is 0.533. The summed E-state index contributed by atoms with van der Waals surface area (Å²) >= 11 is 5.75.